The van der Waals surface area contributed by atoms with E-state index in [1.165, 1.54) is 0 Å². The SMILES string of the molecule is O=C(C[C@@H]1C[C@@H](O)CN1C(=O)C1CCC1)Nc1ccc(-c2cnc(-c3ccc(NC(=O)C[C@@H]4C[C@@H](O)CN4C(=O)C4CCC4)cc3)o2)cc1. The molecule has 1 aromatic heterocycles. The number of β-amino-alcohol motifs (C(OH)–C–C–N with tert-alkyl or cyclic N) is 2. The number of anilines is 2. The summed E-state index contributed by atoms with van der Waals surface area (Å²) in [6.07, 6.45) is 7.14. The first-order valence-electron chi connectivity index (χ1n) is 17.4. The molecular formula is C37H43N5O7. The molecule has 4 fully saturated rings. The number of oxazole rings is 1. The predicted octanol–water partition coefficient (Wildman–Crippen LogP) is 4.19. The highest BCUT2D eigenvalue weighted by molar-refractivity contribution is 5.93. The van der Waals surface area contributed by atoms with Gasteiger partial charge in [-0.2, -0.15) is 0 Å². The zero-order valence-electron chi connectivity index (χ0n) is 27.4. The Morgan fingerprint density at radius 1 is 0.694 bits per heavy atom. The quantitative estimate of drug-likeness (QED) is 0.250. The number of hydrogen-bond acceptors (Lipinski definition) is 8. The number of carbonyl (C=O) groups excluding carboxylic acids is 4. The van der Waals surface area contributed by atoms with E-state index in [1.807, 2.05) is 12.1 Å². The van der Waals surface area contributed by atoms with Gasteiger partial charge in [0.1, 0.15) is 0 Å². The third-order valence-corrected chi connectivity index (χ3v) is 10.5. The van der Waals surface area contributed by atoms with Gasteiger partial charge in [-0.3, -0.25) is 19.2 Å². The second-order valence-corrected chi connectivity index (χ2v) is 14.0. The van der Waals surface area contributed by atoms with Crippen LogP contribution in [0.5, 0.6) is 0 Å². The fourth-order valence-corrected chi connectivity index (χ4v) is 7.30. The topological polar surface area (TPSA) is 165 Å². The van der Waals surface area contributed by atoms with E-state index in [-0.39, 0.29) is 73.5 Å². The Labute approximate surface area is 284 Å². The maximum atomic E-state index is 12.9. The number of aliphatic hydroxyl groups excluding tert-OH is 2. The van der Waals surface area contributed by atoms with E-state index in [0.717, 1.165) is 49.7 Å². The van der Waals surface area contributed by atoms with Crippen LogP contribution in [0.1, 0.15) is 64.2 Å². The number of aromatic nitrogens is 1. The minimum absolute atomic E-state index is 0.0252. The molecule has 49 heavy (non-hydrogen) atoms. The van der Waals surface area contributed by atoms with Crippen LogP contribution < -0.4 is 10.6 Å². The van der Waals surface area contributed by atoms with Crippen molar-refractivity contribution >= 4 is 35.0 Å². The zero-order chi connectivity index (χ0) is 34.1. The molecule has 12 heteroatoms. The number of amides is 4. The maximum absolute atomic E-state index is 12.9. The molecule has 4 amide bonds. The maximum Gasteiger partial charge on any atom is 0.226 e. The summed E-state index contributed by atoms with van der Waals surface area (Å²) >= 11 is 0. The Morgan fingerprint density at radius 2 is 1.14 bits per heavy atom. The second kappa shape index (κ2) is 14.1. The first-order valence-corrected chi connectivity index (χ1v) is 17.4. The molecule has 3 heterocycles. The standard InChI is InChI=1S/C37H43N5O7/c43-30-15-28(41(20-30)36(47)24-3-1-4-24)17-33(45)39-26-11-7-22(8-12-26)32-19-38-35(49-32)23-9-13-27(14-10-23)40-34(46)18-29-16-31(44)21-42(29)37(48)25-5-2-6-25/h7-14,19,24-25,28-31,43-44H,1-6,15-18,20-21H2,(H,39,45)(H,40,46)/t28-,29-,30+,31+/m0/s1. The predicted molar refractivity (Wildman–Crippen MR) is 181 cm³/mol. The van der Waals surface area contributed by atoms with Crippen molar-refractivity contribution in [1.29, 1.82) is 0 Å². The van der Waals surface area contributed by atoms with E-state index in [9.17, 15) is 29.4 Å². The van der Waals surface area contributed by atoms with Crippen LogP contribution in [0, 0.1) is 11.8 Å². The Balaban J connectivity index is 0.907. The average molecular weight is 670 g/mol. The van der Waals surface area contributed by atoms with Crippen molar-refractivity contribution in [3.8, 4) is 22.8 Å². The Kier molecular flexibility index (Phi) is 9.50. The van der Waals surface area contributed by atoms with Crippen LogP contribution in [-0.4, -0.2) is 86.0 Å². The summed E-state index contributed by atoms with van der Waals surface area (Å²) < 4.78 is 6.02. The number of rotatable bonds is 10. The summed E-state index contributed by atoms with van der Waals surface area (Å²) in [6.45, 7) is 0.578. The molecule has 3 aromatic rings. The lowest BCUT2D eigenvalue weighted by molar-refractivity contribution is -0.140. The molecule has 12 nitrogen and oxygen atoms in total. The Hall–Kier alpha value is -4.55. The molecule has 0 bridgehead atoms. The monoisotopic (exact) mass is 669 g/mol. The van der Waals surface area contributed by atoms with Crippen molar-refractivity contribution in [3.05, 3.63) is 54.7 Å². The normalized spacial score (nSPS) is 24.0. The van der Waals surface area contributed by atoms with Gasteiger partial charge in [0, 0.05) is 72.4 Å². The van der Waals surface area contributed by atoms with Crippen LogP contribution >= 0.6 is 0 Å². The van der Waals surface area contributed by atoms with Gasteiger partial charge < -0.3 is 35.1 Å². The van der Waals surface area contributed by atoms with Gasteiger partial charge in [-0.05, 0) is 87.1 Å². The third-order valence-electron chi connectivity index (χ3n) is 10.5. The van der Waals surface area contributed by atoms with Crippen molar-refractivity contribution in [1.82, 2.24) is 14.8 Å². The molecule has 4 atom stereocenters. The van der Waals surface area contributed by atoms with Gasteiger partial charge in [0.2, 0.25) is 29.5 Å². The molecule has 0 unspecified atom stereocenters. The molecule has 258 valence electrons. The number of likely N-dealkylation sites (tertiary alicyclic amines) is 2. The molecule has 0 spiro atoms. The van der Waals surface area contributed by atoms with Crippen molar-refractivity contribution < 1.29 is 33.8 Å². The van der Waals surface area contributed by atoms with Crippen LogP contribution in [0.4, 0.5) is 11.4 Å². The van der Waals surface area contributed by atoms with Crippen molar-refractivity contribution in [2.24, 2.45) is 11.8 Å². The lowest BCUT2D eigenvalue weighted by Crippen LogP contribution is -2.43. The minimum Gasteiger partial charge on any atom is -0.436 e. The minimum atomic E-state index is -0.602. The number of carbonyl (C=O) groups is 4. The molecule has 2 aromatic carbocycles. The number of nitrogens with one attached hydrogen (secondary N) is 2. The van der Waals surface area contributed by atoms with E-state index in [2.05, 4.69) is 15.6 Å². The third kappa shape index (κ3) is 7.40. The molecule has 4 aliphatic rings. The highest BCUT2D eigenvalue weighted by Gasteiger charge is 2.41. The van der Waals surface area contributed by atoms with Crippen molar-refractivity contribution in [2.75, 3.05) is 23.7 Å². The number of benzene rings is 2. The van der Waals surface area contributed by atoms with Crippen LogP contribution in [-0.2, 0) is 19.2 Å². The first-order chi connectivity index (χ1) is 23.7. The van der Waals surface area contributed by atoms with Gasteiger partial charge in [0.05, 0.1) is 18.4 Å². The van der Waals surface area contributed by atoms with E-state index < -0.39 is 12.2 Å². The highest BCUT2D eigenvalue weighted by Crippen LogP contribution is 2.34. The number of nitrogens with zero attached hydrogens (tertiary/aromatic N) is 3. The highest BCUT2D eigenvalue weighted by atomic mass is 16.4. The molecule has 2 aliphatic carbocycles. The van der Waals surface area contributed by atoms with Gasteiger partial charge >= 0.3 is 0 Å². The summed E-state index contributed by atoms with van der Waals surface area (Å²) in [6, 6.07) is 13.8. The van der Waals surface area contributed by atoms with Crippen LogP contribution in [0.25, 0.3) is 22.8 Å². The zero-order valence-corrected chi connectivity index (χ0v) is 27.4. The fourth-order valence-electron chi connectivity index (χ4n) is 7.30. The lowest BCUT2D eigenvalue weighted by Gasteiger charge is -2.32. The Bertz CT molecular complexity index is 1560. The number of hydrogen-bond donors (Lipinski definition) is 4. The van der Waals surface area contributed by atoms with E-state index in [4.69, 9.17) is 4.42 Å². The molecule has 2 aliphatic heterocycles. The van der Waals surface area contributed by atoms with Crippen molar-refractivity contribution in [2.45, 2.75) is 88.5 Å². The summed E-state index contributed by atoms with van der Waals surface area (Å²) in [7, 11) is 0. The van der Waals surface area contributed by atoms with Crippen LogP contribution in [0.15, 0.2) is 59.1 Å². The van der Waals surface area contributed by atoms with Gasteiger partial charge in [0.25, 0.3) is 0 Å². The van der Waals surface area contributed by atoms with Gasteiger partial charge in [0.15, 0.2) is 5.76 Å². The first kappa shape index (κ1) is 33.0. The lowest BCUT2D eigenvalue weighted by atomic mass is 9.84. The van der Waals surface area contributed by atoms with Crippen molar-refractivity contribution in [3.63, 3.8) is 0 Å². The second-order valence-electron chi connectivity index (χ2n) is 14.0. The largest absolute Gasteiger partial charge is 0.436 e. The van der Waals surface area contributed by atoms with Gasteiger partial charge in [-0.25, -0.2) is 4.98 Å². The van der Waals surface area contributed by atoms with E-state index in [0.29, 0.717) is 35.9 Å². The molecule has 2 saturated heterocycles. The van der Waals surface area contributed by atoms with E-state index >= 15 is 0 Å². The molecular weight excluding hydrogens is 626 g/mol. The Morgan fingerprint density at radius 3 is 1.57 bits per heavy atom. The van der Waals surface area contributed by atoms with Gasteiger partial charge in [-0.1, -0.05) is 12.8 Å². The smallest absolute Gasteiger partial charge is 0.226 e. The summed E-state index contributed by atoms with van der Waals surface area (Å²) in [5, 5.41) is 26.1. The fraction of sp³-hybridized carbons (Fsp3) is 0.486. The molecule has 0 radical (unpaired) electrons. The molecule has 4 N–H and O–H groups in total. The molecule has 7 rings (SSSR count). The van der Waals surface area contributed by atoms with E-state index in [1.54, 1.807) is 52.4 Å². The number of aliphatic hydroxyl groups is 2. The summed E-state index contributed by atoms with van der Waals surface area (Å²) in [4.78, 5) is 59.1. The summed E-state index contributed by atoms with van der Waals surface area (Å²) in [5.74, 6) is 0.703. The van der Waals surface area contributed by atoms with Gasteiger partial charge in [-0.15, -0.1) is 0 Å². The molecule has 2 saturated carbocycles. The van der Waals surface area contributed by atoms with Crippen LogP contribution in [0.2, 0.25) is 0 Å². The average Bonchev–Trinajstić information content (AvgIpc) is 3.74. The summed E-state index contributed by atoms with van der Waals surface area (Å²) in [5.41, 5.74) is 2.73. The van der Waals surface area contributed by atoms with Crippen LogP contribution in [0.3, 0.4) is 0 Å².